The summed E-state index contributed by atoms with van der Waals surface area (Å²) in [6.07, 6.45) is 2.67. The molecule has 0 spiro atoms. The van der Waals surface area contributed by atoms with Crippen molar-refractivity contribution >= 4 is 41.5 Å². The van der Waals surface area contributed by atoms with E-state index in [9.17, 15) is 0 Å². The van der Waals surface area contributed by atoms with Gasteiger partial charge in [0, 0.05) is 31.2 Å². The van der Waals surface area contributed by atoms with Gasteiger partial charge in [0.15, 0.2) is 5.96 Å². The number of guanidine groups is 1. The van der Waals surface area contributed by atoms with Crippen molar-refractivity contribution in [3.05, 3.63) is 34.9 Å². The number of nitrogens with one attached hydrogen (secondary N) is 2. The topological polar surface area (TPSA) is 48.9 Å². The molecule has 7 heteroatoms. The van der Waals surface area contributed by atoms with E-state index < -0.39 is 0 Å². The summed E-state index contributed by atoms with van der Waals surface area (Å²) in [7, 11) is 0. The smallest absolute Gasteiger partial charge is 0.191 e. The van der Waals surface area contributed by atoms with Gasteiger partial charge in [0.25, 0.3) is 0 Å². The fraction of sp³-hybridized carbons (Fsp3) is 0.632. The molecule has 26 heavy (non-hydrogen) atoms. The lowest BCUT2D eigenvalue weighted by Gasteiger charge is -2.34. The van der Waals surface area contributed by atoms with Crippen LogP contribution in [0.1, 0.15) is 31.4 Å². The van der Waals surface area contributed by atoms with Crippen molar-refractivity contribution in [1.29, 1.82) is 0 Å². The van der Waals surface area contributed by atoms with Gasteiger partial charge in [0.2, 0.25) is 0 Å². The summed E-state index contributed by atoms with van der Waals surface area (Å²) < 4.78 is 5.52. The zero-order valence-corrected chi connectivity index (χ0v) is 18.5. The Labute approximate surface area is 178 Å². The summed E-state index contributed by atoms with van der Waals surface area (Å²) in [5, 5.41) is 7.63. The number of hydrogen-bond donors (Lipinski definition) is 2. The molecule has 0 aromatic heterocycles. The summed E-state index contributed by atoms with van der Waals surface area (Å²) in [6, 6.07) is 8.28. The van der Waals surface area contributed by atoms with E-state index in [1.165, 1.54) is 12.8 Å². The fourth-order valence-corrected chi connectivity index (χ4v) is 3.39. The van der Waals surface area contributed by atoms with Gasteiger partial charge >= 0.3 is 0 Å². The van der Waals surface area contributed by atoms with Crippen molar-refractivity contribution in [1.82, 2.24) is 15.5 Å². The third-order valence-corrected chi connectivity index (χ3v) is 5.12. The summed E-state index contributed by atoms with van der Waals surface area (Å²) in [4.78, 5) is 7.29. The molecule has 0 radical (unpaired) electrons. The number of nitrogens with zero attached hydrogens (tertiary/aromatic N) is 2. The van der Waals surface area contributed by atoms with E-state index in [1.807, 2.05) is 12.1 Å². The standard InChI is InChI=1S/C19H29ClN4O.HI/c1-2-21-19(22-13-15-7-8-15)23-14-18(24-9-11-25-12-10-24)16-5-3-4-6-17(16)20;/h3-6,15,18H,2,7-14H2,1H3,(H2,21,22,23);1H. The molecule has 1 atom stereocenters. The zero-order valence-electron chi connectivity index (χ0n) is 15.4. The van der Waals surface area contributed by atoms with Gasteiger partial charge in [-0.2, -0.15) is 0 Å². The molecule has 146 valence electrons. The minimum Gasteiger partial charge on any atom is -0.379 e. The molecular formula is C19H30ClIN4O. The van der Waals surface area contributed by atoms with Gasteiger partial charge in [-0.3, -0.25) is 9.89 Å². The molecule has 5 nitrogen and oxygen atoms in total. The highest BCUT2D eigenvalue weighted by Gasteiger charge is 2.25. The van der Waals surface area contributed by atoms with Crippen molar-refractivity contribution in [2.45, 2.75) is 25.8 Å². The van der Waals surface area contributed by atoms with Crippen LogP contribution in [-0.2, 0) is 4.74 Å². The van der Waals surface area contributed by atoms with Gasteiger partial charge in [-0.1, -0.05) is 29.8 Å². The Morgan fingerprint density at radius 1 is 1.27 bits per heavy atom. The first kappa shape index (κ1) is 21.7. The van der Waals surface area contributed by atoms with Crippen molar-refractivity contribution in [2.75, 3.05) is 45.9 Å². The Morgan fingerprint density at radius 2 is 2.00 bits per heavy atom. The van der Waals surface area contributed by atoms with E-state index >= 15 is 0 Å². The quantitative estimate of drug-likeness (QED) is 0.348. The number of benzene rings is 1. The second-order valence-electron chi connectivity index (χ2n) is 6.73. The Bertz CT molecular complexity index is 576. The second-order valence-corrected chi connectivity index (χ2v) is 7.14. The molecule has 1 heterocycles. The lowest BCUT2D eigenvalue weighted by atomic mass is 10.0. The van der Waals surface area contributed by atoms with Crippen LogP contribution >= 0.6 is 35.6 Å². The molecule has 0 amide bonds. The average Bonchev–Trinajstić information content (AvgIpc) is 3.46. The average molecular weight is 493 g/mol. The first-order valence-electron chi connectivity index (χ1n) is 9.36. The van der Waals surface area contributed by atoms with Crippen molar-refractivity contribution < 1.29 is 4.74 Å². The van der Waals surface area contributed by atoms with Gasteiger partial charge in [-0.05, 0) is 37.3 Å². The highest BCUT2D eigenvalue weighted by molar-refractivity contribution is 14.0. The van der Waals surface area contributed by atoms with Crippen LogP contribution in [0.15, 0.2) is 29.3 Å². The first-order valence-corrected chi connectivity index (χ1v) is 9.74. The third kappa shape index (κ3) is 6.55. The molecule has 1 unspecified atom stereocenters. The molecule has 1 saturated carbocycles. The van der Waals surface area contributed by atoms with Crippen LogP contribution in [0.25, 0.3) is 0 Å². The SMILES string of the molecule is CCNC(=NCC(c1ccccc1Cl)N1CCOCC1)NCC1CC1.I. The largest absolute Gasteiger partial charge is 0.379 e. The lowest BCUT2D eigenvalue weighted by Crippen LogP contribution is -2.42. The van der Waals surface area contributed by atoms with E-state index in [-0.39, 0.29) is 30.0 Å². The van der Waals surface area contributed by atoms with Crippen LogP contribution in [-0.4, -0.2) is 56.8 Å². The molecule has 1 saturated heterocycles. The number of halogens is 2. The van der Waals surface area contributed by atoms with E-state index in [1.54, 1.807) is 0 Å². The van der Waals surface area contributed by atoms with Crippen LogP contribution in [0.5, 0.6) is 0 Å². The molecule has 2 aliphatic rings. The second kappa shape index (κ2) is 11.3. The van der Waals surface area contributed by atoms with E-state index in [0.29, 0.717) is 6.54 Å². The van der Waals surface area contributed by atoms with Crippen molar-refractivity contribution in [2.24, 2.45) is 10.9 Å². The van der Waals surface area contributed by atoms with Crippen molar-refractivity contribution in [3.63, 3.8) is 0 Å². The first-order chi connectivity index (χ1) is 12.3. The van der Waals surface area contributed by atoms with Gasteiger partial charge < -0.3 is 15.4 Å². The van der Waals surface area contributed by atoms with E-state index in [0.717, 1.165) is 61.9 Å². The highest BCUT2D eigenvalue weighted by atomic mass is 127. The highest BCUT2D eigenvalue weighted by Crippen LogP contribution is 2.29. The Kier molecular flexibility index (Phi) is 9.45. The minimum atomic E-state index is 0. The maximum absolute atomic E-state index is 6.49. The molecule has 3 rings (SSSR count). The van der Waals surface area contributed by atoms with Gasteiger partial charge in [0.05, 0.1) is 25.8 Å². The van der Waals surface area contributed by atoms with Crippen LogP contribution in [0.2, 0.25) is 5.02 Å². The molecule has 1 aliphatic carbocycles. The van der Waals surface area contributed by atoms with Gasteiger partial charge in [0.1, 0.15) is 0 Å². The molecular weight excluding hydrogens is 463 g/mol. The predicted molar refractivity (Wildman–Crippen MR) is 119 cm³/mol. The lowest BCUT2D eigenvalue weighted by molar-refractivity contribution is 0.0180. The Balaban J connectivity index is 0.00000243. The number of aliphatic imine (C=N–C) groups is 1. The number of hydrogen-bond acceptors (Lipinski definition) is 3. The molecule has 1 aromatic rings. The van der Waals surface area contributed by atoms with E-state index in [2.05, 4.69) is 34.6 Å². The zero-order chi connectivity index (χ0) is 17.5. The number of morpholine rings is 1. The van der Waals surface area contributed by atoms with Crippen LogP contribution in [0.3, 0.4) is 0 Å². The van der Waals surface area contributed by atoms with Crippen molar-refractivity contribution in [3.8, 4) is 0 Å². The minimum absolute atomic E-state index is 0. The van der Waals surface area contributed by atoms with E-state index in [4.69, 9.17) is 21.3 Å². The molecule has 1 aliphatic heterocycles. The molecule has 2 N–H and O–H groups in total. The maximum atomic E-state index is 6.49. The molecule has 1 aromatic carbocycles. The Morgan fingerprint density at radius 3 is 2.65 bits per heavy atom. The maximum Gasteiger partial charge on any atom is 0.191 e. The predicted octanol–water partition coefficient (Wildman–Crippen LogP) is 3.30. The number of rotatable bonds is 7. The monoisotopic (exact) mass is 492 g/mol. The number of ether oxygens (including phenoxy) is 1. The summed E-state index contributed by atoms with van der Waals surface area (Å²) >= 11 is 6.49. The van der Waals surface area contributed by atoms with Gasteiger partial charge in [-0.15, -0.1) is 24.0 Å². The van der Waals surface area contributed by atoms with Crippen LogP contribution in [0.4, 0.5) is 0 Å². The molecule has 2 fully saturated rings. The Hall–Kier alpha value is -0.570. The third-order valence-electron chi connectivity index (χ3n) is 4.77. The fourth-order valence-electron chi connectivity index (χ4n) is 3.13. The van der Waals surface area contributed by atoms with Crippen LogP contribution < -0.4 is 10.6 Å². The normalized spacial score (nSPS) is 19.5. The summed E-state index contributed by atoms with van der Waals surface area (Å²) in [6.45, 7) is 8.03. The summed E-state index contributed by atoms with van der Waals surface area (Å²) in [5.74, 6) is 1.72. The van der Waals surface area contributed by atoms with Crippen LogP contribution in [0, 0.1) is 5.92 Å². The molecule has 0 bridgehead atoms. The van der Waals surface area contributed by atoms with Gasteiger partial charge in [-0.25, -0.2) is 0 Å². The summed E-state index contributed by atoms with van der Waals surface area (Å²) in [5.41, 5.74) is 1.15.